The molecule has 0 fully saturated rings. The van der Waals surface area contributed by atoms with Gasteiger partial charge < -0.3 is 9.84 Å². The minimum Gasteiger partial charge on any atom is -0.482 e. The first kappa shape index (κ1) is 17.8. The number of aliphatic carboxylic acids is 1. The van der Waals surface area contributed by atoms with Gasteiger partial charge in [-0.25, -0.2) is 17.9 Å². The van der Waals surface area contributed by atoms with E-state index in [4.69, 9.17) is 9.84 Å². The fourth-order valence-electron chi connectivity index (χ4n) is 1.46. The van der Waals surface area contributed by atoms with Crippen LogP contribution in [-0.2, 0) is 14.8 Å². The Bertz CT molecular complexity index is 556. The van der Waals surface area contributed by atoms with Gasteiger partial charge in [-0.15, -0.1) is 0 Å². The molecule has 0 aliphatic carbocycles. The summed E-state index contributed by atoms with van der Waals surface area (Å²) < 4.78 is 31.5. The van der Waals surface area contributed by atoms with E-state index >= 15 is 0 Å². The van der Waals surface area contributed by atoms with Crippen LogP contribution in [0.3, 0.4) is 0 Å². The van der Waals surface area contributed by atoms with Gasteiger partial charge in [0.1, 0.15) is 5.75 Å². The van der Waals surface area contributed by atoms with Crippen LogP contribution in [0.15, 0.2) is 29.2 Å². The molecule has 0 bridgehead atoms. The first-order valence-electron chi connectivity index (χ1n) is 6.32. The monoisotopic (exact) mass is 333 g/mol. The minimum atomic E-state index is -3.54. The lowest BCUT2D eigenvalue weighted by Gasteiger charge is -2.10. The highest BCUT2D eigenvalue weighted by Gasteiger charge is 2.14. The first-order valence-corrected chi connectivity index (χ1v) is 9.09. The topological polar surface area (TPSA) is 92.7 Å². The van der Waals surface area contributed by atoms with E-state index in [2.05, 4.69) is 4.72 Å². The third kappa shape index (κ3) is 6.36. The molecular formula is C13H19NO5S2. The van der Waals surface area contributed by atoms with Gasteiger partial charge in [0, 0.05) is 11.8 Å². The van der Waals surface area contributed by atoms with Crippen LogP contribution in [0.4, 0.5) is 0 Å². The van der Waals surface area contributed by atoms with Crippen molar-refractivity contribution in [3.8, 4) is 5.75 Å². The lowest BCUT2D eigenvalue weighted by Crippen LogP contribution is -2.26. The third-order valence-electron chi connectivity index (χ3n) is 2.74. The molecule has 6 nitrogen and oxygen atoms in total. The lowest BCUT2D eigenvalue weighted by atomic mass is 10.3. The van der Waals surface area contributed by atoms with Crippen molar-refractivity contribution in [3.05, 3.63) is 24.3 Å². The Morgan fingerprint density at radius 1 is 1.38 bits per heavy atom. The maximum Gasteiger partial charge on any atom is 0.341 e. The third-order valence-corrected chi connectivity index (χ3v) is 5.26. The molecule has 1 aromatic rings. The number of rotatable bonds is 9. The van der Waals surface area contributed by atoms with Gasteiger partial charge in [-0.3, -0.25) is 0 Å². The highest BCUT2D eigenvalue weighted by atomic mass is 32.2. The zero-order valence-corrected chi connectivity index (χ0v) is 13.5. The molecule has 0 heterocycles. The Morgan fingerprint density at radius 2 is 2.00 bits per heavy atom. The van der Waals surface area contributed by atoms with Crippen molar-refractivity contribution < 1.29 is 23.1 Å². The van der Waals surface area contributed by atoms with Gasteiger partial charge in [-0.2, -0.15) is 11.8 Å². The summed E-state index contributed by atoms with van der Waals surface area (Å²) in [5, 5.41) is 8.88. The van der Waals surface area contributed by atoms with Crippen LogP contribution >= 0.6 is 11.8 Å². The number of benzene rings is 1. The smallest absolute Gasteiger partial charge is 0.341 e. The quantitative estimate of drug-likeness (QED) is 0.712. The molecule has 0 aromatic heterocycles. The van der Waals surface area contributed by atoms with Crippen molar-refractivity contribution in [2.75, 3.05) is 19.4 Å². The Kier molecular flexibility index (Phi) is 7.00. The first-order chi connectivity index (χ1) is 9.85. The fraction of sp³-hybridized carbons (Fsp3) is 0.462. The van der Waals surface area contributed by atoms with E-state index in [9.17, 15) is 13.2 Å². The number of carboxylic acid groups (broad SMARTS) is 1. The van der Waals surface area contributed by atoms with Gasteiger partial charge in [-0.05, 0) is 36.9 Å². The van der Waals surface area contributed by atoms with Crippen molar-refractivity contribution in [2.45, 2.75) is 23.5 Å². The normalized spacial score (nSPS) is 12.9. The molecule has 0 saturated carbocycles. The number of carbonyl (C=O) groups is 1. The number of thioether (sulfide) groups is 1. The Balaban J connectivity index is 2.60. The van der Waals surface area contributed by atoms with Crippen molar-refractivity contribution >= 4 is 27.8 Å². The van der Waals surface area contributed by atoms with Crippen LogP contribution in [0, 0.1) is 0 Å². The fourth-order valence-corrected chi connectivity index (χ4v) is 2.86. The molecule has 1 unspecified atom stereocenters. The number of hydrogen-bond acceptors (Lipinski definition) is 5. The van der Waals surface area contributed by atoms with E-state index in [0.29, 0.717) is 17.5 Å². The van der Waals surface area contributed by atoms with Crippen LogP contribution < -0.4 is 9.46 Å². The predicted molar refractivity (Wildman–Crippen MR) is 82.4 cm³/mol. The molecule has 118 valence electrons. The van der Waals surface area contributed by atoms with E-state index in [1.165, 1.54) is 24.3 Å². The molecule has 0 saturated heterocycles. The summed E-state index contributed by atoms with van der Waals surface area (Å²) in [5.74, 6) is -0.774. The molecule has 21 heavy (non-hydrogen) atoms. The van der Waals surface area contributed by atoms with Crippen LogP contribution in [0.5, 0.6) is 5.75 Å². The zero-order chi connectivity index (χ0) is 15.9. The summed E-state index contributed by atoms with van der Waals surface area (Å²) in [6.07, 6.45) is 2.73. The van der Waals surface area contributed by atoms with Crippen LogP contribution in [0.2, 0.25) is 0 Å². The largest absolute Gasteiger partial charge is 0.482 e. The van der Waals surface area contributed by atoms with Gasteiger partial charge in [0.15, 0.2) is 6.61 Å². The van der Waals surface area contributed by atoms with Crippen molar-refractivity contribution in [1.82, 2.24) is 4.72 Å². The highest BCUT2D eigenvalue weighted by Crippen LogP contribution is 2.16. The average Bonchev–Trinajstić information content (AvgIpc) is 2.45. The van der Waals surface area contributed by atoms with E-state index < -0.39 is 22.6 Å². The number of carboxylic acids is 1. The average molecular weight is 333 g/mol. The molecule has 1 aromatic carbocycles. The predicted octanol–water partition coefficient (Wildman–Crippen LogP) is 1.57. The SMILES string of the molecule is CSC(C)CCNS(=O)(=O)c1ccc(OCC(=O)O)cc1. The Hall–Kier alpha value is -1.25. The molecule has 1 rings (SSSR count). The lowest BCUT2D eigenvalue weighted by molar-refractivity contribution is -0.139. The van der Waals surface area contributed by atoms with Gasteiger partial charge >= 0.3 is 5.97 Å². The number of hydrogen-bond donors (Lipinski definition) is 2. The maximum atomic E-state index is 12.0. The van der Waals surface area contributed by atoms with Crippen LogP contribution in [0.25, 0.3) is 0 Å². The van der Waals surface area contributed by atoms with Gasteiger partial charge in [0.2, 0.25) is 10.0 Å². The minimum absolute atomic E-state index is 0.127. The summed E-state index contributed by atoms with van der Waals surface area (Å²) in [6.45, 7) is 1.95. The standard InChI is InChI=1S/C13H19NO5S2/c1-10(20-2)7-8-14-21(17,18)12-5-3-11(4-6-12)19-9-13(15)16/h3-6,10,14H,7-9H2,1-2H3,(H,15,16). The Labute approximate surface area is 128 Å². The number of nitrogens with one attached hydrogen (secondary N) is 1. The van der Waals surface area contributed by atoms with Gasteiger partial charge in [0.25, 0.3) is 0 Å². The number of sulfonamides is 1. The van der Waals surface area contributed by atoms with Crippen molar-refractivity contribution in [1.29, 1.82) is 0 Å². The van der Waals surface area contributed by atoms with E-state index in [1.807, 2.05) is 13.2 Å². The van der Waals surface area contributed by atoms with Crippen molar-refractivity contribution in [3.63, 3.8) is 0 Å². The molecule has 0 aliphatic heterocycles. The summed E-state index contributed by atoms with van der Waals surface area (Å²) >= 11 is 1.68. The van der Waals surface area contributed by atoms with E-state index in [0.717, 1.165) is 6.42 Å². The van der Waals surface area contributed by atoms with Gasteiger partial charge in [-0.1, -0.05) is 6.92 Å². The van der Waals surface area contributed by atoms with E-state index in [1.54, 1.807) is 11.8 Å². The molecule has 1 atom stereocenters. The molecule has 0 spiro atoms. The van der Waals surface area contributed by atoms with Crippen LogP contribution in [-0.4, -0.2) is 44.2 Å². The Morgan fingerprint density at radius 3 is 2.52 bits per heavy atom. The molecule has 0 radical (unpaired) electrons. The molecule has 2 N–H and O–H groups in total. The maximum absolute atomic E-state index is 12.0. The highest BCUT2D eigenvalue weighted by molar-refractivity contribution is 7.99. The van der Waals surface area contributed by atoms with E-state index in [-0.39, 0.29) is 4.90 Å². The summed E-state index contributed by atoms with van der Waals surface area (Å²) in [5.41, 5.74) is 0. The molecular weight excluding hydrogens is 314 g/mol. The molecule has 8 heteroatoms. The second kappa shape index (κ2) is 8.26. The van der Waals surface area contributed by atoms with Gasteiger partial charge in [0.05, 0.1) is 4.90 Å². The van der Waals surface area contributed by atoms with Crippen molar-refractivity contribution in [2.24, 2.45) is 0 Å². The summed E-state index contributed by atoms with van der Waals surface area (Å²) in [4.78, 5) is 10.5. The molecule has 0 amide bonds. The zero-order valence-electron chi connectivity index (χ0n) is 11.9. The second-order valence-electron chi connectivity index (χ2n) is 4.39. The summed E-state index contributed by atoms with van der Waals surface area (Å²) in [7, 11) is -3.54. The van der Waals surface area contributed by atoms with Crippen LogP contribution in [0.1, 0.15) is 13.3 Å². The second-order valence-corrected chi connectivity index (χ2v) is 7.43. The number of ether oxygens (including phenoxy) is 1. The molecule has 0 aliphatic rings. The summed E-state index contributed by atoms with van der Waals surface area (Å²) in [6, 6.07) is 5.64.